The summed E-state index contributed by atoms with van der Waals surface area (Å²) in [7, 11) is 0. The molecular weight excluding hydrogens is 240 g/mol. The van der Waals surface area contributed by atoms with Gasteiger partial charge in [-0.3, -0.25) is 0 Å². The summed E-state index contributed by atoms with van der Waals surface area (Å²) in [4.78, 5) is 11.1. The van der Waals surface area contributed by atoms with Crippen LogP contribution < -0.4 is 10.2 Å². The molecule has 1 saturated heterocycles. The highest BCUT2D eigenvalue weighted by atomic mass is 16.5. The Kier molecular flexibility index (Phi) is 3.82. The molecule has 5 nitrogen and oxygen atoms in total. The van der Waals surface area contributed by atoms with Crippen molar-refractivity contribution in [1.29, 1.82) is 0 Å². The van der Waals surface area contributed by atoms with Crippen LogP contribution in [0.15, 0.2) is 12.4 Å². The van der Waals surface area contributed by atoms with Crippen LogP contribution in [-0.2, 0) is 4.74 Å². The van der Waals surface area contributed by atoms with Crippen molar-refractivity contribution in [3.05, 3.63) is 12.4 Å². The van der Waals surface area contributed by atoms with Crippen molar-refractivity contribution in [3.8, 4) is 0 Å². The molecular formula is C14H22N4O. The van der Waals surface area contributed by atoms with Gasteiger partial charge in [0.05, 0.1) is 18.8 Å². The van der Waals surface area contributed by atoms with Crippen LogP contribution in [0, 0.1) is 0 Å². The summed E-state index contributed by atoms with van der Waals surface area (Å²) in [5, 5.41) is 3.32. The van der Waals surface area contributed by atoms with Crippen molar-refractivity contribution in [2.75, 3.05) is 29.9 Å². The minimum atomic E-state index is 0.399. The molecule has 0 spiro atoms. The van der Waals surface area contributed by atoms with Crippen molar-refractivity contribution in [1.82, 2.24) is 9.97 Å². The number of anilines is 2. The average molecular weight is 262 g/mol. The third-order valence-corrected chi connectivity index (χ3v) is 3.99. The molecule has 0 aromatic carbocycles. The van der Waals surface area contributed by atoms with Gasteiger partial charge in [-0.05, 0) is 25.7 Å². The molecule has 104 valence electrons. The maximum absolute atomic E-state index is 5.85. The van der Waals surface area contributed by atoms with Gasteiger partial charge in [-0.25, -0.2) is 9.97 Å². The molecule has 3 rings (SSSR count). The first-order chi connectivity index (χ1) is 9.38. The molecule has 1 aliphatic heterocycles. The second kappa shape index (κ2) is 5.74. The highest BCUT2D eigenvalue weighted by Gasteiger charge is 2.36. The van der Waals surface area contributed by atoms with Gasteiger partial charge in [-0.1, -0.05) is 6.92 Å². The Morgan fingerprint density at radius 2 is 2.37 bits per heavy atom. The Morgan fingerprint density at radius 1 is 1.42 bits per heavy atom. The van der Waals surface area contributed by atoms with Crippen molar-refractivity contribution < 1.29 is 4.74 Å². The fourth-order valence-electron chi connectivity index (χ4n) is 3.06. The maximum Gasteiger partial charge on any atom is 0.134 e. The standard InChI is InChI=1S/C14H22N4O/c1-2-6-15-13-9-14(17-10-16-13)18-7-8-19-12-5-3-4-11(12)18/h9-12H,2-8H2,1H3,(H,15,16,17). The lowest BCUT2D eigenvalue weighted by Crippen LogP contribution is -2.49. The van der Waals surface area contributed by atoms with Gasteiger partial charge in [0, 0.05) is 19.2 Å². The predicted molar refractivity (Wildman–Crippen MR) is 75.5 cm³/mol. The molecule has 1 aliphatic carbocycles. The number of ether oxygens (including phenoxy) is 1. The lowest BCUT2D eigenvalue weighted by molar-refractivity contribution is 0.0253. The van der Waals surface area contributed by atoms with Crippen LogP contribution >= 0.6 is 0 Å². The maximum atomic E-state index is 5.85. The zero-order valence-electron chi connectivity index (χ0n) is 11.5. The second-order valence-corrected chi connectivity index (χ2v) is 5.29. The predicted octanol–water partition coefficient (Wildman–Crippen LogP) is 2.06. The number of nitrogens with zero attached hydrogens (tertiary/aromatic N) is 3. The molecule has 1 saturated carbocycles. The molecule has 0 bridgehead atoms. The van der Waals surface area contributed by atoms with Gasteiger partial charge in [0.2, 0.25) is 0 Å². The third-order valence-electron chi connectivity index (χ3n) is 3.99. The summed E-state index contributed by atoms with van der Waals surface area (Å²) < 4.78 is 5.85. The molecule has 1 aromatic heterocycles. The lowest BCUT2D eigenvalue weighted by Gasteiger charge is -2.38. The van der Waals surface area contributed by atoms with E-state index in [0.717, 1.165) is 37.8 Å². The Hall–Kier alpha value is -1.36. The summed E-state index contributed by atoms with van der Waals surface area (Å²) in [5.74, 6) is 1.96. The number of aromatic nitrogens is 2. The molecule has 0 radical (unpaired) electrons. The van der Waals surface area contributed by atoms with E-state index < -0.39 is 0 Å². The summed E-state index contributed by atoms with van der Waals surface area (Å²) in [6.07, 6.45) is 6.82. The Bertz CT molecular complexity index is 426. The zero-order chi connectivity index (χ0) is 13.1. The highest BCUT2D eigenvalue weighted by Crippen LogP contribution is 2.32. The molecule has 19 heavy (non-hydrogen) atoms. The van der Waals surface area contributed by atoms with E-state index in [2.05, 4.69) is 33.2 Å². The number of morpholine rings is 1. The van der Waals surface area contributed by atoms with Gasteiger partial charge in [0.15, 0.2) is 0 Å². The van der Waals surface area contributed by atoms with Gasteiger partial charge >= 0.3 is 0 Å². The van der Waals surface area contributed by atoms with E-state index in [9.17, 15) is 0 Å². The fraction of sp³-hybridized carbons (Fsp3) is 0.714. The third kappa shape index (κ3) is 2.66. The van der Waals surface area contributed by atoms with Gasteiger partial charge in [-0.15, -0.1) is 0 Å². The van der Waals surface area contributed by atoms with Crippen molar-refractivity contribution in [2.24, 2.45) is 0 Å². The van der Waals surface area contributed by atoms with E-state index in [1.54, 1.807) is 6.33 Å². The molecule has 2 fully saturated rings. The van der Waals surface area contributed by atoms with Crippen molar-refractivity contribution >= 4 is 11.6 Å². The first-order valence-corrected chi connectivity index (χ1v) is 7.32. The highest BCUT2D eigenvalue weighted by molar-refractivity contribution is 5.49. The van der Waals surface area contributed by atoms with Crippen LogP contribution in [0.5, 0.6) is 0 Å². The second-order valence-electron chi connectivity index (χ2n) is 5.29. The minimum Gasteiger partial charge on any atom is -0.374 e. The molecule has 2 aliphatic rings. The summed E-state index contributed by atoms with van der Waals surface area (Å²) >= 11 is 0. The molecule has 2 atom stereocenters. The Balaban J connectivity index is 1.76. The zero-order valence-corrected chi connectivity index (χ0v) is 11.5. The van der Waals surface area contributed by atoms with Crippen LogP contribution in [0.1, 0.15) is 32.6 Å². The first-order valence-electron chi connectivity index (χ1n) is 7.32. The fourth-order valence-corrected chi connectivity index (χ4v) is 3.06. The summed E-state index contributed by atoms with van der Waals surface area (Å²) in [5.41, 5.74) is 0. The number of fused-ring (bicyclic) bond motifs is 1. The normalized spacial score (nSPS) is 26.3. The average Bonchev–Trinajstić information content (AvgIpc) is 2.93. The van der Waals surface area contributed by atoms with E-state index in [1.807, 2.05) is 0 Å². The van der Waals surface area contributed by atoms with Gasteiger partial charge in [0.1, 0.15) is 18.0 Å². The summed E-state index contributed by atoms with van der Waals surface area (Å²) in [6, 6.07) is 2.57. The van der Waals surface area contributed by atoms with Crippen LogP contribution in [-0.4, -0.2) is 41.8 Å². The number of rotatable bonds is 4. The van der Waals surface area contributed by atoms with Crippen LogP contribution in [0.2, 0.25) is 0 Å². The van der Waals surface area contributed by atoms with Crippen molar-refractivity contribution in [3.63, 3.8) is 0 Å². The molecule has 2 unspecified atom stereocenters. The quantitative estimate of drug-likeness (QED) is 0.900. The summed E-state index contributed by atoms with van der Waals surface area (Å²) in [6.45, 7) is 4.85. The molecule has 1 N–H and O–H groups in total. The van der Waals surface area contributed by atoms with E-state index in [4.69, 9.17) is 4.74 Å². The smallest absolute Gasteiger partial charge is 0.134 e. The topological polar surface area (TPSA) is 50.3 Å². The molecule has 0 amide bonds. The molecule has 5 heteroatoms. The minimum absolute atomic E-state index is 0.399. The van der Waals surface area contributed by atoms with E-state index >= 15 is 0 Å². The lowest BCUT2D eigenvalue weighted by atomic mass is 10.1. The SMILES string of the molecule is CCCNc1cc(N2CCOC3CCCC32)ncn1. The van der Waals surface area contributed by atoms with Crippen molar-refractivity contribution in [2.45, 2.75) is 44.8 Å². The van der Waals surface area contributed by atoms with Gasteiger partial charge < -0.3 is 15.0 Å². The largest absolute Gasteiger partial charge is 0.374 e. The van der Waals surface area contributed by atoms with Gasteiger partial charge in [0.25, 0.3) is 0 Å². The molecule has 2 heterocycles. The van der Waals surface area contributed by atoms with Gasteiger partial charge in [-0.2, -0.15) is 0 Å². The Morgan fingerprint density at radius 3 is 3.26 bits per heavy atom. The van der Waals surface area contributed by atoms with E-state index in [0.29, 0.717) is 12.1 Å². The number of nitrogens with one attached hydrogen (secondary N) is 1. The number of hydrogen-bond acceptors (Lipinski definition) is 5. The number of hydrogen-bond donors (Lipinski definition) is 1. The monoisotopic (exact) mass is 262 g/mol. The Labute approximate surface area is 114 Å². The van der Waals surface area contributed by atoms with E-state index in [-0.39, 0.29) is 0 Å². The molecule has 1 aromatic rings. The van der Waals surface area contributed by atoms with Crippen LogP contribution in [0.3, 0.4) is 0 Å². The van der Waals surface area contributed by atoms with Crippen LogP contribution in [0.25, 0.3) is 0 Å². The van der Waals surface area contributed by atoms with Crippen LogP contribution in [0.4, 0.5) is 11.6 Å². The van der Waals surface area contributed by atoms with E-state index in [1.165, 1.54) is 19.3 Å². The first kappa shape index (κ1) is 12.7.